The summed E-state index contributed by atoms with van der Waals surface area (Å²) in [5.41, 5.74) is 1.36. The van der Waals surface area contributed by atoms with Gasteiger partial charge in [0.25, 0.3) is 0 Å². The van der Waals surface area contributed by atoms with E-state index in [1.807, 2.05) is 31.4 Å². The molecule has 0 atom stereocenters. The highest BCUT2D eigenvalue weighted by Gasteiger charge is 2.19. The number of imidazole rings is 1. The molecule has 2 heterocycles. The highest BCUT2D eigenvalue weighted by Crippen LogP contribution is 2.23. The van der Waals surface area contributed by atoms with Gasteiger partial charge in [-0.05, 0) is 23.5 Å². The summed E-state index contributed by atoms with van der Waals surface area (Å²) in [5, 5.41) is 3.33. The first-order valence-corrected chi connectivity index (χ1v) is 7.86. The number of aromatic nitrogens is 3. The van der Waals surface area contributed by atoms with Crippen LogP contribution >= 0.6 is 11.6 Å². The fourth-order valence-corrected chi connectivity index (χ4v) is 2.41. The minimum atomic E-state index is -0.0689. The number of nitrogens with zero attached hydrogens (tertiary/aromatic N) is 3. The smallest absolute Gasteiger partial charge is 0.227 e. The lowest BCUT2D eigenvalue weighted by molar-refractivity contribution is -0.117. The maximum absolute atomic E-state index is 12.2. The van der Waals surface area contributed by atoms with Crippen LogP contribution in [-0.2, 0) is 11.3 Å². The van der Waals surface area contributed by atoms with E-state index in [4.69, 9.17) is 11.6 Å². The molecule has 0 unspecified atom stereocenters. The molecule has 0 bridgehead atoms. The van der Waals surface area contributed by atoms with Crippen LogP contribution in [0.4, 0.5) is 5.95 Å². The summed E-state index contributed by atoms with van der Waals surface area (Å²) in [5.74, 6) is 0.892. The Labute approximate surface area is 136 Å². The van der Waals surface area contributed by atoms with Gasteiger partial charge in [-0.2, -0.15) is 0 Å². The Morgan fingerprint density at radius 1 is 1.32 bits per heavy atom. The van der Waals surface area contributed by atoms with Gasteiger partial charge >= 0.3 is 0 Å². The minimum absolute atomic E-state index is 0.0427. The second kappa shape index (κ2) is 6.24. The second-order valence-electron chi connectivity index (χ2n) is 7.20. The van der Waals surface area contributed by atoms with Crippen LogP contribution < -0.4 is 5.32 Å². The third-order valence-electron chi connectivity index (χ3n) is 3.05. The average Bonchev–Trinajstić information content (AvgIpc) is 2.64. The summed E-state index contributed by atoms with van der Waals surface area (Å²) < 4.78 is 1.92. The van der Waals surface area contributed by atoms with E-state index in [-0.39, 0.29) is 11.3 Å². The van der Waals surface area contributed by atoms with E-state index in [1.165, 1.54) is 0 Å². The molecule has 0 spiro atoms. The van der Waals surface area contributed by atoms with Crippen LogP contribution in [0.15, 0.2) is 12.1 Å². The quantitative estimate of drug-likeness (QED) is 0.861. The number of nitrogens with one attached hydrogen (secondary N) is 1. The molecule has 0 aromatic carbocycles. The molecular formula is C16H23ClN4O. The highest BCUT2D eigenvalue weighted by molar-refractivity contribution is 6.29. The Hall–Kier alpha value is -1.62. The minimum Gasteiger partial charge on any atom is -0.296 e. The number of hydrogen-bond acceptors (Lipinski definition) is 3. The zero-order valence-corrected chi connectivity index (χ0v) is 14.5. The van der Waals surface area contributed by atoms with Crippen molar-refractivity contribution in [2.45, 2.75) is 47.6 Å². The lowest BCUT2D eigenvalue weighted by atomic mass is 9.92. The molecule has 0 aliphatic rings. The molecule has 0 aliphatic carbocycles. The Kier molecular flexibility index (Phi) is 4.75. The molecule has 0 aliphatic heterocycles. The molecule has 0 saturated carbocycles. The normalized spacial score (nSPS) is 12.1. The lowest BCUT2D eigenvalue weighted by Crippen LogP contribution is -2.22. The van der Waals surface area contributed by atoms with E-state index in [0.29, 0.717) is 29.1 Å². The number of pyridine rings is 1. The molecule has 0 radical (unpaired) electrons. The molecule has 1 N–H and O–H groups in total. The first-order valence-electron chi connectivity index (χ1n) is 7.48. The molecule has 2 aromatic heterocycles. The van der Waals surface area contributed by atoms with Crippen molar-refractivity contribution in [2.75, 3.05) is 5.32 Å². The lowest BCUT2D eigenvalue weighted by Gasteiger charge is -2.17. The van der Waals surface area contributed by atoms with Gasteiger partial charge < -0.3 is 0 Å². The third kappa shape index (κ3) is 4.19. The monoisotopic (exact) mass is 322 g/mol. The number of hydrogen-bond donors (Lipinski definition) is 1. The average molecular weight is 323 g/mol. The van der Waals surface area contributed by atoms with Crippen molar-refractivity contribution >= 4 is 34.6 Å². The molecule has 1 amide bonds. The molecule has 5 nitrogen and oxygen atoms in total. The molecule has 2 aromatic rings. The van der Waals surface area contributed by atoms with E-state index < -0.39 is 0 Å². The number of amides is 1. The first-order chi connectivity index (χ1) is 10.2. The van der Waals surface area contributed by atoms with Gasteiger partial charge in [0, 0.05) is 13.0 Å². The van der Waals surface area contributed by atoms with Crippen molar-refractivity contribution in [1.29, 1.82) is 0 Å². The fourth-order valence-electron chi connectivity index (χ4n) is 2.26. The number of rotatable bonds is 4. The standard InChI is InChI=1S/C16H23ClN4O/c1-10(2)9-21-14-11(6-7-12(17)19-14)18-15(21)20-13(22)8-16(3,4)5/h6-7,10H,8-9H2,1-5H3,(H,18,20,22). The zero-order valence-electron chi connectivity index (χ0n) is 13.8. The van der Waals surface area contributed by atoms with Gasteiger partial charge in [0.1, 0.15) is 10.7 Å². The summed E-state index contributed by atoms with van der Waals surface area (Å²) in [6.45, 7) is 11.0. The summed E-state index contributed by atoms with van der Waals surface area (Å²) in [6.07, 6.45) is 0.437. The number of halogens is 1. The van der Waals surface area contributed by atoms with Crippen LogP contribution in [0.25, 0.3) is 11.2 Å². The van der Waals surface area contributed by atoms with E-state index in [9.17, 15) is 4.79 Å². The van der Waals surface area contributed by atoms with Gasteiger partial charge in [-0.25, -0.2) is 9.97 Å². The maximum atomic E-state index is 12.2. The number of carbonyl (C=O) groups is 1. The van der Waals surface area contributed by atoms with Crippen LogP contribution in [0.5, 0.6) is 0 Å². The van der Waals surface area contributed by atoms with Crippen molar-refractivity contribution in [3.05, 3.63) is 17.3 Å². The van der Waals surface area contributed by atoms with Gasteiger partial charge in [0.15, 0.2) is 5.65 Å². The van der Waals surface area contributed by atoms with Gasteiger partial charge in [0.05, 0.1) is 0 Å². The Morgan fingerprint density at radius 2 is 2.00 bits per heavy atom. The Morgan fingerprint density at radius 3 is 2.59 bits per heavy atom. The van der Waals surface area contributed by atoms with Crippen LogP contribution in [-0.4, -0.2) is 20.4 Å². The third-order valence-corrected chi connectivity index (χ3v) is 3.26. The maximum Gasteiger partial charge on any atom is 0.227 e. The number of anilines is 1. The van der Waals surface area contributed by atoms with Crippen LogP contribution in [0.3, 0.4) is 0 Å². The summed E-state index contributed by atoms with van der Waals surface area (Å²) in [4.78, 5) is 21.0. The number of carbonyl (C=O) groups excluding carboxylic acids is 1. The zero-order chi connectivity index (χ0) is 16.5. The molecule has 6 heteroatoms. The molecule has 120 valence electrons. The largest absolute Gasteiger partial charge is 0.296 e. The van der Waals surface area contributed by atoms with E-state index >= 15 is 0 Å². The van der Waals surface area contributed by atoms with Crippen LogP contribution in [0, 0.1) is 11.3 Å². The van der Waals surface area contributed by atoms with E-state index in [1.54, 1.807) is 6.07 Å². The van der Waals surface area contributed by atoms with Gasteiger partial charge in [-0.15, -0.1) is 0 Å². The molecule has 22 heavy (non-hydrogen) atoms. The van der Waals surface area contributed by atoms with Crippen molar-refractivity contribution in [3.63, 3.8) is 0 Å². The van der Waals surface area contributed by atoms with Crippen molar-refractivity contribution in [3.8, 4) is 0 Å². The summed E-state index contributed by atoms with van der Waals surface area (Å²) in [7, 11) is 0. The summed E-state index contributed by atoms with van der Waals surface area (Å²) in [6, 6.07) is 3.53. The first kappa shape index (κ1) is 16.7. The molecule has 2 rings (SSSR count). The van der Waals surface area contributed by atoms with E-state index in [0.717, 1.165) is 12.1 Å². The topological polar surface area (TPSA) is 59.8 Å². The predicted molar refractivity (Wildman–Crippen MR) is 90.1 cm³/mol. The van der Waals surface area contributed by atoms with Gasteiger partial charge in [-0.1, -0.05) is 46.2 Å². The van der Waals surface area contributed by atoms with Gasteiger partial charge in [-0.3, -0.25) is 14.7 Å². The van der Waals surface area contributed by atoms with E-state index in [2.05, 4.69) is 29.1 Å². The summed E-state index contributed by atoms with van der Waals surface area (Å²) >= 11 is 5.99. The van der Waals surface area contributed by atoms with Gasteiger partial charge in [0.2, 0.25) is 11.9 Å². The van der Waals surface area contributed by atoms with Crippen molar-refractivity contribution in [2.24, 2.45) is 11.3 Å². The highest BCUT2D eigenvalue weighted by atomic mass is 35.5. The van der Waals surface area contributed by atoms with Crippen molar-refractivity contribution in [1.82, 2.24) is 14.5 Å². The Balaban J connectivity index is 2.37. The SMILES string of the molecule is CC(C)Cn1c(NC(=O)CC(C)(C)C)nc2ccc(Cl)nc21. The van der Waals surface area contributed by atoms with Crippen LogP contribution in [0.2, 0.25) is 5.15 Å². The predicted octanol–water partition coefficient (Wildman–Crippen LogP) is 4.12. The fraction of sp³-hybridized carbons (Fsp3) is 0.562. The molecule has 0 saturated heterocycles. The van der Waals surface area contributed by atoms with Crippen LogP contribution in [0.1, 0.15) is 41.0 Å². The second-order valence-corrected chi connectivity index (χ2v) is 7.59. The van der Waals surface area contributed by atoms with Crippen molar-refractivity contribution < 1.29 is 4.79 Å². The molecular weight excluding hydrogens is 300 g/mol. The Bertz CT molecular complexity index is 685. The number of fused-ring (bicyclic) bond motifs is 1. The molecule has 0 fully saturated rings.